The van der Waals surface area contributed by atoms with Gasteiger partial charge in [0.1, 0.15) is 5.82 Å². The van der Waals surface area contributed by atoms with Gasteiger partial charge in [-0.25, -0.2) is 4.39 Å². The average Bonchev–Trinajstić information content (AvgIpc) is 2.45. The van der Waals surface area contributed by atoms with E-state index in [2.05, 4.69) is 22.6 Å². The maximum Gasteiger partial charge on any atom is 0.146 e. The quantitative estimate of drug-likeness (QED) is 0.863. The number of anilines is 1. The van der Waals surface area contributed by atoms with Crippen LogP contribution in [0.3, 0.4) is 0 Å². The number of hydrogen-bond donors (Lipinski definition) is 1. The maximum atomic E-state index is 14.4. The van der Waals surface area contributed by atoms with E-state index in [1.54, 1.807) is 18.0 Å². The van der Waals surface area contributed by atoms with E-state index < -0.39 is 0 Å². The second-order valence-electron chi connectivity index (χ2n) is 5.35. The number of hydrogen-bond acceptors (Lipinski definition) is 4. The summed E-state index contributed by atoms with van der Waals surface area (Å²) in [5.41, 5.74) is 1.77. The number of benzene rings is 1. The Hall–Kier alpha value is -0.780. The van der Waals surface area contributed by atoms with Crippen molar-refractivity contribution < 1.29 is 9.13 Å². The summed E-state index contributed by atoms with van der Waals surface area (Å²) in [6.45, 7) is 5.09. The van der Waals surface area contributed by atoms with Crippen molar-refractivity contribution in [2.75, 3.05) is 31.2 Å². The first-order valence-electron chi connectivity index (χ1n) is 7.33. The molecule has 0 radical (unpaired) electrons. The van der Waals surface area contributed by atoms with Gasteiger partial charge >= 0.3 is 0 Å². The van der Waals surface area contributed by atoms with Crippen LogP contribution in [0.2, 0.25) is 0 Å². The minimum Gasteiger partial charge on any atom is -0.378 e. The Morgan fingerprint density at radius 1 is 1.40 bits per heavy atom. The summed E-state index contributed by atoms with van der Waals surface area (Å²) in [6, 6.07) is 5.98. The van der Waals surface area contributed by atoms with Crippen LogP contribution >= 0.6 is 11.9 Å². The molecule has 5 heteroatoms. The van der Waals surface area contributed by atoms with Crippen LogP contribution in [-0.2, 0) is 4.74 Å². The van der Waals surface area contributed by atoms with E-state index in [4.69, 9.17) is 4.74 Å². The van der Waals surface area contributed by atoms with Gasteiger partial charge in [-0.15, -0.1) is 0 Å². The molecule has 0 spiro atoms. The number of morpholine rings is 1. The van der Waals surface area contributed by atoms with Crippen LogP contribution < -0.4 is 9.62 Å². The van der Waals surface area contributed by atoms with Gasteiger partial charge in [-0.2, -0.15) is 0 Å². The monoisotopic (exact) mass is 296 g/mol. The molecular weight excluding hydrogens is 275 g/mol. The molecule has 3 nitrogen and oxygen atoms in total. The average molecular weight is 296 g/mol. The Morgan fingerprint density at radius 2 is 2.20 bits per heavy atom. The smallest absolute Gasteiger partial charge is 0.146 e. The van der Waals surface area contributed by atoms with Crippen molar-refractivity contribution in [1.82, 2.24) is 4.72 Å². The molecule has 2 fully saturated rings. The van der Waals surface area contributed by atoms with E-state index in [-0.39, 0.29) is 5.82 Å². The lowest BCUT2D eigenvalue weighted by Crippen LogP contribution is -2.39. The Morgan fingerprint density at radius 3 is 2.80 bits per heavy atom. The number of nitrogens with zero attached hydrogens (tertiary/aromatic N) is 1. The topological polar surface area (TPSA) is 24.5 Å². The highest BCUT2D eigenvalue weighted by Gasteiger charge is 2.32. The van der Waals surface area contributed by atoms with Crippen LogP contribution in [0.25, 0.3) is 0 Å². The van der Waals surface area contributed by atoms with Gasteiger partial charge < -0.3 is 9.64 Å². The predicted molar refractivity (Wildman–Crippen MR) is 81.6 cm³/mol. The molecule has 2 atom stereocenters. The van der Waals surface area contributed by atoms with E-state index in [0.29, 0.717) is 30.2 Å². The van der Waals surface area contributed by atoms with E-state index >= 15 is 0 Å². The van der Waals surface area contributed by atoms with Gasteiger partial charge in [0.15, 0.2) is 0 Å². The Kier molecular flexibility index (Phi) is 4.48. The highest BCUT2D eigenvalue weighted by Crippen LogP contribution is 2.40. The van der Waals surface area contributed by atoms with Gasteiger partial charge in [0.2, 0.25) is 0 Å². The number of halogens is 1. The molecule has 2 unspecified atom stereocenters. The third-order valence-corrected chi connectivity index (χ3v) is 5.17. The van der Waals surface area contributed by atoms with Gasteiger partial charge in [0.05, 0.1) is 24.9 Å². The largest absolute Gasteiger partial charge is 0.378 e. The molecule has 0 saturated carbocycles. The maximum absolute atomic E-state index is 14.4. The van der Waals surface area contributed by atoms with E-state index in [9.17, 15) is 4.39 Å². The molecule has 110 valence electrons. The molecule has 0 amide bonds. The van der Waals surface area contributed by atoms with Crippen molar-refractivity contribution in [3.05, 3.63) is 29.6 Å². The van der Waals surface area contributed by atoms with Crippen LogP contribution in [0.4, 0.5) is 10.1 Å². The molecular formula is C15H21FN2OS. The summed E-state index contributed by atoms with van der Waals surface area (Å²) in [5.74, 6) is -0.113. The minimum atomic E-state index is -0.113. The molecule has 0 aliphatic carbocycles. The fourth-order valence-electron chi connectivity index (χ4n) is 2.80. The number of nitrogens with one attached hydrogen (secondary N) is 1. The predicted octanol–water partition coefficient (Wildman–Crippen LogP) is 3.12. The summed E-state index contributed by atoms with van der Waals surface area (Å²) in [5, 5.41) is 0.577. The molecule has 1 N–H and O–H groups in total. The third-order valence-electron chi connectivity index (χ3n) is 3.97. The second kappa shape index (κ2) is 6.33. The van der Waals surface area contributed by atoms with Crippen molar-refractivity contribution in [2.45, 2.75) is 31.1 Å². The van der Waals surface area contributed by atoms with E-state index in [1.807, 2.05) is 6.07 Å². The zero-order valence-electron chi connectivity index (χ0n) is 11.8. The standard InChI is InChI=1S/C15H21FN2OS/c1-2-3-14-15(17-20-14)11-4-5-13(12(16)10-11)18-6-8-19-9-7-18/h4-5,10,14-15,17H,2-3,6-9H2,1H3. The van der Waals surface area contributed by atoms with Crippen molar-refractivity contribution in [3.8, 4) is 0 Å². The van der Waals surface area contributed by atoms with Crippen molar-refractivity contribution in [3.63, 3.8) is 0 Å². The Bertz CT molecular complexity index is 465. The van der Waals surface area contributed by atoms with Gasteiger partial charge in [-0.1, -0.05) is 31.4 Å². The van der Waals surface area contributed by atoms with Crippen molar-refractivity contribution in [1.29, 1.82) is 0 Å². The molecule has 2 saturated heterocycles. The lowest BCUT2D eigenvalue weighted by atomic mass is 10.00. The molecule has 1 aromatic carbocycles. The van der Waals surface area contributed by atoms with Crippen molar-refractivity contribution in [2.24, 2.45) is 0 Å². The summed E-state index contributed by atoms with van der Waals surface area (Å²) >= 11 is 1.77. The van der Waals surface area contributed by atoms with Gasteiger partial charge in [0.25, 0.3) is 0 Å². The van der Waals surface area contributed by atoms with Crippen LogP contribution in [0.5, 0.6) is 0 Å². The number of rotatable bonds is 4. The third kappa shape index (κ3) is 2.80. The first kappa shape index (κ1) is 14.2. The fourth-order valence-corrected chi connectivity index (χ4v) is 3.91. The van der Waals surface area contributed by atoms with E-state index in [1.165, 1.54) is 12.8 Å². The normalized spacial score (nSPS) is 26.4. The van der Waals surface area contributed by atoms with E-state index in [0.717, 1.165) is 18.7 Å². The molecule has 1 aromatic rings. The molecule has 0 aromatic heterocycles. The zero-order valence-corrected chi connectivity index (χ0v) is 12.6. The molecule has 3 rings (SSSR count). The van der Waals surface area contributed by atoms with Crippen LogP contribution in [0, 0.1) is 5.82 Å². The van der Waals surface area contributed by atoms with Crippen LogP contribution in [0.15, 0.2) is 18.2 Å². The fraction of sp³-hybridized carbons (Fsp3) is 0.600. The number of ether oxygens (including phenoxy) is 1. The molecule has 20 heavy (non-hydrogen) atoms. The minimum absolute atomic E-state index is 0.113. The Balaban J connectivity index is 1.73. The first-order valence-corrected chi connectivity index (χ1v) is 8.21. The van der Waals surface area contributed by atoms with Gasteiger partial charge in [0, 0.05) is 18.3 Å². The summed E-state index contributed by atoms with van der Waals surface area (Å²) < 4.78 is 23.0. The highest BCUT2D eigenvalue weighted by atomic mass is 32.2. The lowest BCUT2D eigenvalue weighted by Gasteiger charge is -2.37. The highest BCUT2D eigenvalue weighted by molar-refractivity contribution is 7.99. The summed E-state index contributed by atoms with van der Waals surface area (Å²) in [4.78, 5) is 2.06. The summed E-state index contributed by atoms with van der Waals surface area (Å²) in [6.07, 6.45) is 2.35. The van der Waals surface area contributed by atoms with Gasteiger partial charge in [-0.05, 0) is 24.1 Å². The molecule has 2 aliphatic heterocycles. The molecule has 2 aliphatic rings. The van der Waals surface area contributed by atoms with Crippen LogP contribution in [-0.4, -0.2) is 31.6 Å². The zero-order chi connectivity index (χ0) is 13.9. The second-order valence-corrected chi connectivity index (χ2v) is 6.43. The lowest BCUT2D eigenvalue weighted by molar-refractivity contribution is 0.122. The van der Waals surface area contributed by atoms with Crippen molar-refractivity contribution >= 4 is 17.6 Å². The molecule has 0 bridgehead atoms. The SMILES string of the molecule is CCCC1SNC1c1ccc(N2CCOCC2)c(F)c1. The van der Waals surface area contributed by atoms with Crippen LogP contribution in [0.1, 0.15) is 31.4 Å². The first-order chi connectivity index (χ1) is 9.79. The molecule has 2 heterocycles. The summed E-state index contributed by atoms with van der Waals surface area (Å²) in [7, 11) is 0. The van der Waals surface area contributed by atoms with Gasteiger partial charge in [-0.3, -0.25) is 4.72 Å². The Labute approximate surface area is 124 Å².